The molecule has 1 amide bonds. The van der Waals surface area contributed by atoms with Crippen molar-refractivity contribution in [1.82, 2.24) is 25.1 Å². The van der Waals surface area contributed by atoms with Crippen LogP contribution in [-0.2, 0) is 0 Å². The Bertz CT molecular complexity index is 1330. The third-order valence-electron chi connectivity index (χ3n) is 5.74. The van der Waals surface area contributed by atoms with Gasteiger partial charge in [-0.2, -0.15) is 5.10 Å². The Balaban J connectivity index is 1.59. The molecular formula is C25H27N5O3. The summed E-state index contributed by atoms with van der Waals surface area (Å²) in [5.74, 6) is 0.783. The second-order valence-corrected chi connectivity index (χ2v) is 8.64. The van der Waals surface area contributed by atoms with Crippen LogP contribution >= 0.6 is 0 Å². The maximum atomic E-state index is 13.0. The molecule has 0 radical (unpaired) electrons. The van der Waals surface area contributed by atoms with Crippen LogP contribution in [0.4, 0.5) is 0 Å². The maximum Gasteiger partial charge on any atom is 0.259 e. The first kappa shape index (κ1) is 21.1. The summed E-state index contributed by atoms with van der Waals surface area (Å²) in [5, 5.41) is 10.2. The highest BCUT2D eigenvalue weighted by molar-refractivity contribution is 6.00. The van der Waals surface area contributed by atoms with Gasteiger partial charge in [-0.1, -0.05) is 6.07 Å². The number of carbonyl (C=O) groups is 1. The lowest BCUT2D eigenvalue weighted by molar-refractivity contribution is 0.0942. The molecule has 4 aromatic rings. The number of aryl methyl sites for hydroxylation is 1. The van der Waals surface area contributed by atoms with Crippen LogP contribution in [0.2, 0.25) is 0 Å². The van der Waals surface area contributed by atoms with Crippen LogP contribution in [0, 0.1) is 6.92 Å². The van der Waals surface area contributed by atoms with Crippen molar-refractivity contribution in [2.45, 2.75) is 45.8 Å². The van der Waals surface area contributed by atoms with Gasteiger partial charge in [0.05, 0.1) is 35.6 Å². The molecule has 1 saturated carbocycles. The Morgan fingerprint density at radius 1 is 1.21 bits per heavy atom. The van der Waals surface area contributed by atoms with Gasteiger partial charge in [-0.15, -0.1) is 0 Å². The summed E-state index contributed by atoms with van der Waals surface area (Å²) >= 11 is 0. The third kappa shape index (κ3) is 4.04. The fourth-order valence-corrected chi connectivity index (χ4v) is 3.97. The molecule has 8 heteroatoms. The van der Waals surface area contributed by atoms with Crippen LogP contribution in [-0.4, -0.2) is 44.9 Å². The zero-order valence-electron chi connectivity index (χ0n) is 19.2. The van der Waals surface area contributed by atoms with Crippen molar-refractivity contribution >= 4 is 16.9 Å². The number of rotatable bonds is 7. The summed E-state index contributed by atoms with van der Waals surface area (Å²) in [6.07, 6.45) is 5.58. The monoisotopic (exact) mass is 445 g/mol. The number of aromatic amines is 1. The number of hydrogen-bond donors (Lipinski definition) is 2. The number of methoxy groups -OCH3 is 1. The van der Waals surface area contributed by atoms with Gasteiger partial charge >= 0.3 is 0 Å². The number of fused-ring (bicyclic) bond motifs is 1. The van der Waals surface area contributed by atoms with E-state index in [1.165, 1.54) is 0 Å². The van der Waals surface area contributed by atoms with Gasteiger partial charge in [-0.3, -0.25) is 14.5 Å². The van der Waals surface area contributed by atoms with Crippen LogP contribution in [0.5, 0.6) is 11.5 Å². The van der Waals surface area contributed by atoms with Crippen molar-refractivity contribution in [3.05, 3.63) is 54.1 Å². The first-order chi connectivity index (χ1) is 15.9. The summed E-state index contributed by atoms with van der Waals surface area (Å²) in [7, 11) is 1.57. The number of hydrogen-bond acceptors (Lipinski definition) is 5. The van der Waals surface area contributed by atoms with Crippen molar-refractivity contribution < 1.29 is 14.3 Å². The standard InChI is InChI=1S/C25H27N5O3/c1-14(2)33-23-11-18(10-22(32-4)24(23)25(31)28-17-6-7-17)30-13-26-20-9-16(5-8-21(20)30)19-12-27-29-15(19)3/h5,8-14,17H,6-7H2,1-4H3,(H,27,29)(H,28,31). The SMILES string of the molecule is COc1cc(-n2cnc3cc(-c4c[nH]nc4C)ccc32)cc(OC(C)C)c1C(=O)NC1CC1. The van der Waals surface area contributed by atoms with Crippen molar-refractivity contribution in [2.24, 2.45) is 0 Å². The zero-order chi connectivity index (χ0) is 23.1. The van der Waals surface area contributed by atoms with E-state index in [2.05, 4.69) is 26.6 Å². The molecule has 0 saturated heterocycles. The number of nitrogens with zero attached hydrogens (tertiary/aromatic N) is 3. The van der Waals surface area contributed by atoms with E-state index < -0.39 is 0 Å². The smallest absolute Gasteiger partial charge is 0.259 e. The molecule has 0 unspecified atom stereocenters. The van der Waals surface area contributed by atoms with Crippen LogP contribution in [0.25, 0.3) is 27.8 Å². The highest BCUT2D eigenvalue weighted by atomic mass is 16.5. The molecule has 1 aliphatic rings. The molecule has 1 fully saturated rings. The van der Waals surface area contributed by atoms with Gasteiger partial charge in [0, 0.05) is 29.9 Å². The molecule has 2 heterocycles. The summed E-state index contributed by atoms with van der Waals surface area (Å²) in [4.78, 5) is 17.6. The highest BCUT2D eigenvalue weighted by Crippen LogP contribution is 2.35. The molecule has 0 bridgehead atoms. The van der Waals surface area contributed by atoms with Crippen molar-refractivity contribution in [2.75, 3.05) is 7.11 Å². The fourth-order valence-electron chi connectivity index (χ4n) is 3.97. The van der Waals surface area contributed by atoms with E-state index in [4.69, 9.17) is 9.47 Å². The number of H-pyrrole nitrogens is 1. The van der Waals surface area contributed by atoms with E-state index in [9.17, 15) is 4.79 Å². The zero-order valence-corrected chi connectivity index (χ0v) is 19.2. The van der Waals surface area contributed by atoms with E-state index in [-0.39, 0.29) is 18.1 Å². The van der Waals surface area contributed by atoms with Crippen LogP contribution in [0.15, 0.2) is 42.9 Å². The van der Waals surface area contributed by atoms with Gasteiger partial charge in [0.1, 0.15) is 23.4 Å². The highest BCUT2D eigenvalue weighted by Gasteiger charge is 2.28. The molecule has 33 heavy (non-hydrogen) atoms. The predicted octanol–water partition coefficient (Wildman–Crippen LogP) is 4.41. The molecule has 0 aliphatic heterocycles. The molecule has 1 aliphatic carbocycles. The fraction of sp³-hybridized carbons (Fsp3) is 0.320. The van der Waals surface area contributed by atoms with Crippen LogP contribution in [0.1, 0.15) is 42.7 Å². The van der Waals surface area contributed by atoms with Crippen molar-refractivity contribution in [3.63, 3.8) is 0 Å². The minimum absolute atomic E-state index is 0.0993. The Hall–Kier alpha value is -3.81. The lowest BCUT2D eigenvalue weighted by atomic mass is 10.1. The molecule has 5 rings (SSSR count). The quantitative estimate of drug-likeness (QED) is 0.439. The lowest BCUT2D eigenvalue weighted by Gasteiger charge is -2.19. The average molecular weight is 446 g/mol. The summed E-state index contributed by atoms with van der Waals surface area (Å²) in [6.45, 7) is 5.85. The van der Waals surface area contributed by atoms with Crippen molar-refractivity contribution in [1.29, 1.82) is 0 Å². The molecule has 8 nitrogen and oxygen atoms in total. The Kier molecular flexibility index (Phi) is 5.28. The van der Waals surface area contributed by atoms with Gasteiger partial charge < -0.3 is 14.8 Å². The molecular weight excluding hydrogens is 418 g/mol. The molecule has 0 spiro atoms. The molecule has 2 aromatic heterocycles. The molecule has 0 atom stereocenters. The van der Waals surface area contributed by atoms with Crippen molar-refractivity contribution in [3.8, 4) is 28.3 Å². The Labute approximate surface area is 191 Å². The number of carbonyl (C=O) groups excluding carboxylic acids is 1. The largest absolute Gasteiger partial charge is 0.496 e. The van der Waals surface area contributed by atoms with Gasteiger partial charge in [0.15, 0.2) is 0 Å². The topological polar surface area (TPSA) is 94.1 Å². The van der Waals surface area contributed by atoms with E-state index in [1.54, 1.807) is 13.4 Å². The Morgan fingerprint density at radius 2 is 2.00 bits per heavy atom. The second kappa shape index (κ2) is 8.27. The Morgan fingerprint density at radius 3 is 2.67 bits per heavy atom. The van der Waals surface area contributed by atoms with Gasteiger partial charge in [0.25, 0.3) is 5.91 Å². The van der Waals surface area contributed by atoms with Gasteiger partial charge in [-0.05, 0) is 51.3 Å². The number of imidazole rings is 1. The second-order valence-electron chi connectivity index (χ2n) is 8.64. The number of nitrogens with one attached hydrogen (secondary N) is 2. The summed E-state index contributed by atoms with van der Waals surface area (Å²) < 4.78 is 13.7. The first-order valence-corrected chi connectivity index (χ1v) is 11.1. The normalized spacial score (nSPS) is 13.5. The molecule has 170 valence electrons. The van der Waals surface area contributed by atoms with E-state index in [0.29, 0.717) is 17.1 Å². The minimum Gasteiger partial charge on any atom is -0.496 e. The molecule has 2 N–H and O–H groups in total. The molecule has 2 aromatic carbocycles. The van der Waals surface area contributed by atoms with Crippen LogP contribution in [0.3, 0.4) is 0 Å². The minimum atomic E-state index is -0.174. The lowest BCUT2D eigenvalue weighted by Crippen LogP contribution is -2.27. The maximum absolute atomic E-state index is 13.0. The van der Waals surface area contributed by atoms with Gasteiger partial charge in [0.2, 0.25) is 0 Å². The van der Waals surface area contributed by atoms with E-state index in [0.717, 1.165) is 46.4 Å². The summed E-state index contributed by atoms with van der Waals surface area (Å²) in [5.41, 5.74) is 6.05. The number of ether oxygens (including phenoxy) is 2. The van der Waals surface area contributed by atoms with Crippen LogP contribution < -0.4 is 14.8 Å². The van der Waals surface area contributed by atoms with E-state index >= 15 is 0 Å². The average Bonchev–Trinajstić information content (AvgIpc) is 3.33. The van der Waals surface area contributed by atoms with Gasteiger partial charge in [-0.25, -0.2) is 4.98 Å². The third-order valence-corrected chi connectivity index (χ3v) is 5.74. The number of amides is 1. The first-order valence-electron chi connectivity index (χ1n) is 11.1. The summed E-state index contributed by atoms with van der Waals surface area (Å²) in [6, 6.07) is 10.1. The number of aromatic nitrogens is 4. The van der Waals surface area contributed by atoms with E-state index in [1.807, 2.05) is 55.8 Å². The predicted molar refractivity (Wildman–Crippen MR) is 126 cm³/mol. The number of benzene rings is 2.